The molecule has 1 aliphatic heterocycles. The fourth-order valence-electron chi connectivity index (χ4n) is 2.89. The fraction of sp³-hybridized carbons (Fsp3) is 0.444. The van der Waals surface area contributed by atoms with Gasteiger partial charge in [-0.3, -0.25) is 4.79 Å². The summed E-state index contributed by atoms with van der Waals surface area (Å²) in [6, 6.07) is 6.70. The van der Waals surface area contributed by atoms with Crippen LogP contribution in [0.5, 0.6) is 0 Å². The average Bonchev–Trinajstić information content (AvgIpc) is 2.61. The molecule has 1 amide bonds. The summed E-state index contributed by atoms with van der Waals surface area (Å²) in [6.07, 6.45) is -1.90. The van der Waals surface area contributed by atoms with Gasteiger partial charge in [-0.25, -0.2) is 0 Å². The number of nitrogens with one attached hydrogen (secondary N) is 1. The Morgan fingerprint density at radius 3 is 2.54 bits per heavy atom. The van der Waals surface area contributed by atoms with Crippen molar-refractivity contribution in [3.63, 3.8) is 0 Å². The molecule has 0 bridgehead atoms. The van der Waals surface area contributed by atoms with Gasteiger partial charge in [0.15, 0.2) is 0 Å². The first-order valence-electron chi connectivity index (χ1n) is 8.22. The lowest BCUT2D eigenvalue weighted by molar-refractivity contribution is -0.137. The van der Waals surface area contributed by atoms with Crippen LogP contribution in [-0.4, -0.2) is 48.9 Å². The van der Waals surface area contributed by atoms with Crippen molar-refractivity contribution >= 4 is 11.6 Å². The Kier molecular flexibility index (Phi) is 6.27. The van der Waals surface area contributed by atoms with Crippen LogP contribution in [0.15, 0.2) is 36.0 Å². The largest absolute Gasteiger partial charge is 0.418 e. The summed E-state index contributed by atoms with van der Waals surface area (Å²) in [7, 11) is 3.62. The van der Waals surface area contributed by atoms with Crippen LogP contribution in [0.4, 0.5) is 18.9 Å². The SMILES string of the molecule is CN1CCC(N(C)C(=O)/C(C#N)=C\Nc2ccccc2C(F)(F)F)CC1. The highest BCUT2D eigenvalue weighted by Gasteiger charge is 2.33. The predicted octanol–water partition coefficient (Wildman–Crippen LogP) is 3.08. The number of rotatable bonds is 4. The molecule has 1 fully saturated rings. The van der Waals surface area contributed by atoms with E-state index < -0.39 is 17.6 Å². The summed E-state index contributed by atoms with van der Waals surface area (Å²) in [5.74, 6) is -0.501. The Labute approximate surface area is 150 Å². The van der Waals surface area contributed by atoms with Gasteiger partial charge in [-0.05, 0) is 45.1 Å². The first-order chi connectivity index (χ1) is 12.2. The molecule has 2 rings (SSSR count). The molecular formula is C18H21F3N4O. The van der Waals surface area contributed by atoms with E-state index in [9.17, 15) is 23.2 Å². The lowest BCUT2D eigenvalue weighted by atomic mass is 10.0. The Morgan fingerprint density at radius 1 is 1.35 bits per heavy atom. The van der Waals surface area contributed by atoms with Crippen LogP contribution in [0, 0.1) is 11.3 Å². The van der Waals surface area contributed by atoms with E-state index in [1.807, 2.05) is 7.05 Å². The molecule has 8 heteroatoms. The highest BCUT2D eigenvalue weighted by atomic mass is 19.4. The van der Waals surface area contributed by atoms with Crippen molar-refractivity contribution in [3.05, 3.63) is 41.6 Å². The minimum Gasteiger partial charge on any atom is -0.360 e. The summed E-state index contributed by atoms with van der Waals surface area (Å²) in [5.41, 5.74) is -1.30. The number of para-hydroxylation sites is 1. The Morgan fingerprint density at radius 2 is 1.96 bits per heavy atom. The number of nitrogens with zero attached hydrogens (tertiary/aromatic N) is 3. The van der Waals surface area contributed by atoms with Crippen LogP contribution >= 0.6 is 0 Å². The molecule has 1 heterocycles. The first-order valence-corrected chi connectivity index (χ1v) is 8.22. The van der Waals surface area contributed by atoms with E-state index >= 15 is 0 Å². The molecule has 5 nitrogen and oxygen atoms in total. The van der Waals surface area contributed by atoms with Crippen molar-refractivity contribution in [2.24, 2.45) is 0 Å². The molecule has 1 N–H and O–H groups in total. The number of halogens is 3. The molecule has 0 aliphatic carbocycles. The molecule has 0 spiro atoms. The van der Waals surface area contributed by atoms with Crippen molar-refractivity contribution in [3.8, 4) is 6.07 Å². The summed E-state index contributed by atoms with van der Waals surface area (Å²) < 4.78 is 39.0. The summed E-state index contributed by atoms with van der Waals surface area (Å²) in [4.78, 5) is 16.2. The number of piperidine rings is 1. The minimum atomic E-state index is -4.53. The zero-order valence-corrected chi connectivity index (χ0v) is 14.7. The molecule has 0 saturated carbocycles. The van der Waals surface area contributed by atoms with Gasteiger partial charge in [0.1, 0.15) is 11.6 Å². The third-order valence-corrected chi connectivity index (χ3v) is 4.51. The molecule has 1 aromatic carbocycles. The maximum absolute atomic E-state index is 13.0. The maximum atomic E-state index is 13.0. The number of anilines is 1. The normalized spacial score (nSPS) is 16.8. The molecule has 26 heavy (non-hydrogen) atoms. The van der Waals surface area contributed by atoms with E-state index in [1.165, 1.54) is 23.1 Å². The second-order valence-corrected chi connectivity index (χ2v) is 6.31. The van der Waals surface area contributed by atoms with Gasteiger partial charge in [-0.2, -0.15) is 18.4 Å². The number of carbonyl (C=O) groups is 1. The van der Waals surface area contributed by atoms with E-state index in [0.29, 0.717) is 0 Å². The van der Waals surface area contributed by atoms with Gasteiger partial charge in [0.25, 0.3) is 5.91 Å². The smallest absolute Gasteiger partial charge is 0.360 e. The topological polar surface area (TPSA) is 59.4 Å². The number of alkyl halides is 3. The van der Waals surface area contributed by atoms with Gasteiger partial charge < -0.3 is 15.1 Å². The summed E-state index contributed by atoms with van der Waals surface area (Å²) >= 11 is 0. The molecule has 1 saturated heterocycles. The fourth-order valence-corrected chi connectivity index (χ4v) is 2.89. The van der Waals surface area contributed by atoms with Crippen LogP contribution in [0.2, 0.25) is 0 Å². The van der Waals surface area contributed by atoms with Gasteiger partial charge in [0.2, 0.25) is 0 Å². The zero-order valence-electron chi connectivity index (χ0n) is 14.7. The first kappa shape index (κ1) is 19.8. The van der Waals surface area contributed by atoms with E-state index in [4.69, 9.17) is 0 Å². The third-order valence-electron chi connectivity index (χ3n) is 4.51. The minimum absolute atomic E-state index is 0.0120. The maximum Gasteiger partial charge on any atom is 0.418 e. The van der Waals surface area contributed by atoms with Crippen molar-refractivity contribution in [2.75, 3.05) is 32.5 Å². The number of hydrogen-bond donors (Lipinski definition) is 1. The number of hydrogen-bond acceptors (Lipinski definition) is 4. The Bertz CT molecular complexity index is 716. The molecule has 0 aromatic heterocycles. The highest BCUT2D eigenvalue weighted by molar-refractivity contribution is 5.97. The van der Waals surface area contributed by atoms with Crippen LogP contribution < -0.4 is 5.32 Å². The number of amides is 1. The van der Waals surface area contributed by atoms with Gasteiger partial charge in [-0.15, -0.1) is 0 Å². The molecule has 0 atom stereocenters. The third kappa shape index (κ3) is 4.76. The molecule has 0 unspecified atom stereocenters. The highest BCUT2D eigenvalue weighted by Crippen LogP contribution is 2.34. The summed E-state index contributed by atoms with van der Waals surface area (Å²) in [5, 5.41) is 11.7. The number of likely N-dealkylation sites (N-methyl/N-ethyl adjacent to an activating group) is 1. The molecule has 140 valence electrons. The standard InChI is InChI=1S/C18H21F3N4O/c1-24-9-7-14(8-10-24)25(2)17(26)13(11-22)12-23-16-6-4-3-5-15(16)18(19,20)21/h3-6,12,14,23H,7-10H2,1-2H3/b13-12-. The molecule has 0 radical (unpaired) electrons. The Balaban J connectivity index is 2.13. The van der Waals surface area contributed by atoms with Gasteiger partial charge in [0.05, 0.1) is 11.3 Å². The van der Waals surface area contributed by atoms with Gasteiger partial charge >= 0.3 is 6.18 Å². The monoisotopic (exact) mass is 366 g/mol. The van der Waals surface area contributed by atoms with Crippen molar-refractivity contribution in [1.29, 1.82) is 5.26 Å². The van der Waals surface area contributed by atoms with Crippen LogP contribution in [0.3, 0.4) is 0 Å². The Hall–Kier alpha value is -2.53. The summed E-state index contributed by atoms with van der Waals surface area (Å²) in [6.45, 7) is 1.70. The van der Waals surface area contributed by atoms with E-state index in [1.54, 1.807) is 13.1 Å². The van der Waals surface area contributed by atoms with Crippen molar-refractivity contribution in [1.82, 2.24) is 9.80 Å². The number of benzene rings is 1. The lowest BCUT2D eigenvalue weighted by Gasteiger charge is -2.35. The van der Waals surface area contributed by atoms with Crippen LogP contribution in [0.25, 0.3) is 0 Å². The van der Waals surface area contributed by atoms with Crippen molar-refractivity contribution in [2.45, 2.75) is 25.1 Å². The van der Waals surface area contributed by atoms with Gasteiger partial charge in [0, 0.05) is 19.3 Å². The number of nitriles is 1. The zero-order chi connectivity index (χ0) is 19.3. The average molecular weight is 366 g/mol. The predicted molar refractivity (Wildman–Crippen MR) is 92.1 cm³/mol. The number of carbonyl (C=O) groups excluding carboxylic acids is 1. The molecule has 1 aromatic rings. The number of likely N-dealkylation sites (tertiary alicyclic amines) is 1. The second-order valence-electron chi connectivity index (χ2n) is 6.31. The lowest BCUT2D eigenvalue weighted by Crippen LogP contribution is -2.44. The van der Waals surface area contributed by atoms with Crippen LogP contribution in [-0.2, 0) is 11.0 Å². The van der Waals surface area contributed by atoms with E-state index in [-0.39, 0.29) is 17.3 Å². The second kappa shape index (κ2) is 8.23. The van der Waals surface area contributed by atoms with E-state index in [2.05, 4.69) is 10.2 Å². The molecule has 1 aliphatic rings. The van der Waals surface area contributed by atoms with Crippen LogP contribution in [0.1, 0.15) is 18.4 Å². The quantitative estimate of drug-likeness (QED) is 0.657. The molecular weight excluding hydrogens is 345 g/mol. The van der Waals surface area contributed by atoms with Crippen molar-refractivity contribution < 1.29 is 18.0 Å². The van der Waals surface area contributed by atoms with E-state index in [0.717, 1.165) is 38.2 Å². The van der Waals surface area contributed by atoms with Gasteiger partial charge in [-0.1, -0.05) is 12.1 Å².